The maximum atomic E-state index is 5.90. The van der Waals surface area contributed by atoms with Crippen LogP contribution in [0.1, 0.15) is 29.5 Å². The van der Waals surface area contributed by atoms with Crippen molar-refractivity contribution in [2.75, 3.05) is 19.6 Å². The minimum atomic E-state index is 0.498. The molecule has 1 aromatic carbocycles. The molecule has 0 saturated carbocycles. The average Bonchev–Trinajstić information content (AvgIpc) is 2.78. The van der Waals surface area contributed by atoms with Crippen LogP contribution in [0.5, 0.6) is 0 Å². The summed E-state index contributed by atoms with van der Waals surface area (Å²) in [6.07, 6.45) is 4.69. The smallest absolute Gasteiger partial charge is 0.0707 e. The molecule has 0 aliphatic carbocycles. The number of benzene rings is 1. The van der Waals surface area contributed by atoms with Crippen LogP contribution in [0.25, 0.3) is 0 Å². The first-order valence-corrected chi connectivity index (χ1v) is 7.56. The van der Waals surface area contributed by atoms with Gasteiger partial charge in [-0.15, -0.1) is 0 Å². The van der Waals surface area contributed by atoms with Gasteiger partial charge in [0.2, 0.25) is 0 Å². The molecule has 0 radical (unpaired) electrons. The Morgan fingerprint density at radius 3 is 2.84 bits per heavy atom. The van der Waals surface area contributed by atoms with Crippen LogP contribution in [0.3, 0.4) is 0 Å². The van der Waals surface area contributed by atoms with Crippen molar-refractivity contribution in [3.05, 3.63) is 34.9 Å². The molecule has 1 N–H and O–H groups in total. The second kappa shape index (κ2) is 4.89. The zero-order chi connectivity index (χ0) is 12.7. The zero-order valence-electron chi connectivity index (χ0n) is 11.4. The minimum Gasteiger partial charge on any atom is -0.372 e. The van der Waals surface area contributed by atoms with Crippen LogP contribution in [-0.2, 0) is 24.2 Å². The lowest BCUT2D eigenvalue weighted by molar-refractivity contribution is -0.0410. The molecule has 0 amide bonds. The molecule has 3 nitrogen and oxygen atoms in total. The van der Waals surface area contributed by atoms with Gasteiger partial charge in [0.25, 0.3) is 0 Å². The van der Waals surface area contributed by atoms with Crippen molar-refractivity contribution < 1.29 is 4.74 Å². The fourth-order valence-corrected chi connectivity index (χ4v) is 3.72. The molecule has 3 aliphatic heterocycles. The summed E-state index contributed by atoms with van der Waals surface area (Å²) < 4.78 is 5.90. The number of nitrogens with one attached hydrogen (secondary N) is 1. The summed E-state index contributed by atoms with van der Waals surface area (Å²) in [5, 5.41) is 3.46. The fourth-order valence-electron chi connectivity index (χ4n) is 3.72. The summed E-state index contributed by atoms with van der Waals surface area (Å²) in [5.74, 6) is 0. The van der Waals surface area contributed by atoms with E-state index >= 15 is 0 Å². The molecule has 2 bridgehead atoms. The number of ether oxygens (including phenoxy) is 1. The molecule has 2 unspecified atom stereocenters. The molecule has 3 heterocycles. The molecule has 1 aromatic rings. The number of fused-ring (bicyclic) bond motifs is 3. The van der Waals surface area contributed by atoms with Gasteiger partial charge in [0, 0.05) is 26.2 Å². The molecule has 0 spiro atoms. The molecule has 2 atom stereocenters. The number of rotatable bonds is 2. The SMILES string of the molecule is c1cc2c(cc1CN1CC3CCC(C1)O3)CNCC2. The van der Waals surface area contributed by atoms with Crippen LogP contribution in [0.15, 0.2) is 18.2 Å². The van der Waals surface area contributed by atoms with Crippen LogP contribution in [0, 0.1) is 0 Å². The van der Waals surface area contributed by atoms with E-state index < -0.39 is 0 Å². The van der Waals surface area contributed by atoms with Gasteiger partial charge in [0.05, 0.1) is 12.2 Å². The standard InChI is InChI=1S/C16H22N2O/c1-2-13-5-6-17-8-14(13)7-12(1)9-18-10-15-3-4-16(11-18)19-15/h1-2,7,15-17H,3-6,8-11H2. The van der Waals surface area contributed by atoms with Crippen molar-refractivity contribution >= 4 is 0 Å². The topological polar surface area (TPSA) is 24.5 Å². The fraction of sp³-hybridized carbons (Fsp3) is 0.625. The summed E-state index contributed by atoms with van der Waals surface area (Å²) in [4.78, 5) is 2.57. The Bertz CT molecular complexity index is 462. The van der Waals surface area contributed by atoms with Crippen LogP contribution >= 0.6 is 0 Å². The van der Waals surface area contributed by atoms with Crippen molar-refractivity contribution in [1.29, 1.82) is 0 Å². The quantitative estimate of drug-likeness (QED) is 0.874. The lowest BCUT2D eigenvalue weighted by Gasteiger charge is -2.32. The number of morpholine rings is 1. The van der Waals surface area contributed by atoms with Gasteiger partial charge < -0.3 is 10.1 Å². The molecule has 3 aliphatic rings. The Hall–Kier alpha value is -0.900. The Labute approximate surface area is 114 Å². The van der Waals surface area contributed by atoms with Gasteiger partial charge in [-0.3, -0.25) is 4.90 Å². The maximum absolute atomic E-state index is 5.90. The third-order valence-corrected chi connectivity index (χ3v) is 4.68. The van der Waals surface area contributed by atoms with Gasteiger partial charge in [-0.1, -0.05) is 18.2 Å². The number of likely N-dealkylation sites (tertiary alicyclic amines) is 1. The maximum Gasteiger partial charge on any atom is 0.0707 e. The van der Waals surface area contributed by atoms with E-state index in [-0.39, 0.29) is 0 Å². The molecule has 4 rings (SSSR count). The predicted octanol–water partition coefficient (Wildman–Crippen LogP) is 1.70. The third-order valence-electron chi connectivity index (χ3n) is 4.68. The van der Waals surface area contributed by atoms with Crippen molar-refractivity contribution in [1.82, 2.24) is 10.2 Å². The molecule has 2 saturated heterocycles. The summed E-state index contributed by atoms with van der Waals surface area (Å²) >= 11 is 0. The largest absolute Gasteiger partial charge is 0.372 e. The minimum absolute atomic E-state index is 0.498. The van der Waals surface area contributed by atoms with Crippen molar-refractivity contribution in [2.24, 2.45) is 0 Å². The summed E-state index contributed by atoms with van der Waals surface area (Å²) in [6, 6.07) is 7.06. The molecule has 0 aromatic heterocycles. The highest BCUT2D eigenvalue weighted by Crippen LogP contribution is 2.27. The van der Waals surface area contributed by atoms with E-state index in [1.165, 1.54) is 36.0 Å². The van der Waals surface area contributed by atoms with E-state index in [4.69, 9.17) is 4.74 Å². The molecule has 3 heteroatoms. The number of hydrogen-bond acceptors (Lipinski definition) is 3. The van der Waals surface area contributed by atoms with Gasteiger partial charge in [-0.05, 0) is 42.5 Å². The summed E-state index contributed by atoms with van der Waals surface area (Å²) in [7, 11) is 0. The summed E-state index contributed by atoms with van der Waals surface area (Å²) in [5.41, 5.74) is 4.49. The molecular formula is C16H22N2O. The molecular weight excluding hydrogens is 236 g/mol. The molecule has 2 fully saturated rings. The van der Waals surface area contributed by atoms with Crippen molar-refractivity contribution in [3.63, 3.8) is 0 Å². The average molecular weight is 258 g/mol. The molecule has 102 valence electrons. The monoisotopic (exact) mass is 258 g/mol. The summed E-state index contributed by atoms with van der Waals surface area (Å²) in [6.45, 7) is 5.48. The Balaban J connectivity index is 1.47. The van der Waals surface area contributed by atoms with Gasteiger partial charge >= 0.3 is 0 Å². The normalized spacial score (nSPS) is 30.3. The zero-order valence-corrected chi connectivity index (χ0v) is 11.4. The number of hydrogen-bond donors (Lipinski definition) is 1. The van der Waals surface area contributed by atoms with E-state index in [0.717, 1.165) is 32.7 Å². The highest BCUT2D eigenvalue weighted by molar-refractivity contribution is 5.33. The Morgan fingerprint density at radius 1 is 1.16 bits per heavy atom. The van der Waals surface area contributed by atoms with Gasteiger partial charge in [0.15, 0.2) is 0 Å². The first-order valence-electron chi connectivity index (χ1n) is 7.56. The van der Waals surface area contributed by atoms with Crippen LogP contribution in [0.2, 0.25) is 0 Å². The van der Waals surface area contributed by atoms with E-state index in [1.54, 1.807) is 0 Å². The van der Waals surface area contributed by atoms with Crippen LogP contribution < -0.4 is 5.32 Å². The second-order valence-corrected chi connectivity index (χ2v) is 6.18. The second-order valence-electron chi connectivity index (χ2n) is 6.18. The van der Waals surface area contributed by atoms with Crippen molar-refractivity contribution in [2.45, 2.75) is 44.6 Å². The van der Waals surface area contributed by atoms with E-state index in [2.05, 4.69) is 28.4 Å². The van der Waals surface area contributed by atoms with Crippen molar-refractivity contribution in [3.8, 4) is 0 Å². The van der Waals surface area contributed by atoms with Gasteiger partial charge in [-0.25, -0.2) is 0 Å². The molecule has 19 heavy (non-hydrogen) atoms. The van der Waals surface area contributed by atoms with E-state index in [9.17, 15) is 0 Å². The highest BCUT2D eigenvalue weighted by Gasteiger charge is 2.33. The van der Waals surface area contributed by atoms with Gasteiger partial charge in [0.1, 0.15) is 0 Å². The lowest BCUT2D eigenvalue weighted by Crippen LogP contribution is -2.42. The van der Waals surface area contributed by atoms with Crippen LogP contribution in [0.4, 0.5) is 0 Å². The highest BCUT2D eigenvalue weighted by atomic mass is 16.5. The number of nitrogens with zero attached hydrogens (tertiary/aromatic N) is 1. The van der Waals surface area contributed by atoms with E-state index in [1.807, 2.05) is 0 Å². The third kappa shape index (κ3) is 2.42. The predicted molar refractivity (Wildman–Crippen MR) is 75.0 cm³/mol. The van der Waals surface area contributed by atoms with Crippen LogP contribution in [-0.4, -0.2) is 36.7 Å². The van der Waals surface area contributed by atoms with Gasteiger partial charge in [-0.2, -0.15) is 0 Å². The van der Waals surface area contributed by atoms with E-state index in [0.29, 0.717) is 12.2 Å². The first kappa shape index (κ1) is 11.9. The Kier molecular flexibility index (Phi) is 3.06. The Morgan fingerprint density at radius 2 is 2.00 bits per heavy atom. The first-order chi connectivity index (χ1) is 9.37. The lowest BCUT2D eigenvalue weighted by atomic mass is 9.98.